The normalized spacial score (nSPS) is 26.9. The quantitative estimate of drug-likeness (QED) is 0.759. The van der Waals surface area contributed by atoms with Gasteiger partial charge >= 0.3 is 6.18 Å². The number of benzene rings is 1. The fourth-order valence-electron chi connectivity index (χ4n) is 1.95. The average Bonchev–Trinajstić information content (AvgIpc) is 2.67. The third-order valence-electron chi connectivity index (χ3n) is 2.74. The standard InChI is InChI=1S/C11H12F3N/c12-11(13,14)10-7-6-9(15-10)8-4-2-1-3-5-8/h1-5,9-10,15H,6-7H2/t9-,10-/m1/s1. The van der Waals surface area contributed by atoms with Gasteiger partial charge in [0, 0.05) is 6.04 Å². The molecule has 2 rings (SSSR count). The van der Waals surface area contributed by atoms with Gasteiger partial charge in [0.05, 0.1) is 0 Å². The molecule has 0 unspecified atom stereocenters. The molecule has 1 fully saturated rings. The molecule has 1 heterocycles. The molecule has 0 radical (unpaired) electrons. The Morgan fingerprint density at radius 1 is 1.07 bits per heavy atom. The second-order valence-electron chi connectivity index (χ2n) is 3.80. The van der Waals surface area contributed by atoms with E-state index in [0.29, 0.717) is 6.42 Å². The molecule has 0 amide bonds. The van der Waals surface area contributed by atoms with E-state index in [1.54, 1.807) is 0 Å². The second-order valence-corrected chi connectivity index (χ2v) is 3.80. The summed E-state index contributed by atoms with van der Waals surface area (Å²) in [6, 6.07) is 7.77. The van der Waals surface area contributed by atoms with Crippen LogP contribution in [0.1, 0.15) is 24.4 Å². The Balaban J connectivity index is 2.05. The number of nitrogens with one attached hydrogen (secondary N) is 1. The Morgan fingerprint density at radius 3 is 2.27 bits per heavy atom. The summed E-state index contributed by atoms with van der Waals surface area (Å²) in [4.78, 5) is 0. The summed E-state index contributed by atoms with van der Waals surface area (Å²) in [5, 5.41) is 2.62. The molecular formula is C11H12F3N. The van der Waals surface area contributed by atoms with E-state index in [9.17, 15) is 13.2 Å². The van der Waals surface area contributed by atoms with Gasteiger partial charge in [-0.2, -0.15) is 13.2 Å². The van der Waals surface area contributed by atoms with Crippen molar-refractivity contribution in [1.29, 1.82) is 0 Å². The highest BCUT2D eigenvalue weighted by Crippen LogP contribution is 2.34. The van der Waals surface area contributed by atoms with Gasteiger partial charge in [-0.15, -0.1) is 0 Å². The van der Waals surface area contributed by atoms with Crippen LogP contribution in [0, 0.1) is 0 Å². The lowest BCUT2D eigenvalue weighted by Crippen LogP contribution is -2.38. The SMILES string of the molecule is FC(F)(F)[C@H]1CC[C@H](c2ccccc2)N1. The lowest BCUT2D eigenvalue weighted by atomic mass is 10.1. The Morgan fingerprint density at radius 2 is 1.73 bits per heavy atom. The molecule has 82 valence electrons. The molecule has 1 N–H and O–H groups in total. The third-order valence-corrected chi connectivity index (χ3v) is 2.74. The fourth-order valence-corrected chi connectivity index (χ4v) is 1.95. The number of halogens is 3. The van der Waals surface area contributed by atoms with E-state index >= 15 is 0 Å². The smallest absolute Gasteiger partial charge is 0.299 e. The van der Waals surface area contributed by atoms with Gasteiger partial charge in [0.1, 0.15) is 6.04 Å². The zero-order valence-electron chi connectivity index (χ0n) is 8.09. The molecule has 1 saturated heterocycles. The van der Waals surface area contributed by atoms with Crippen molar-refractivity contribution in [2.24, 2.45) is 0 Å². The van der Waals surface area contributed by atoms with Gasteiger partial charge in [0.25, 0.3) is 0 Å². The van der Waals surface area contributed by atoms with Crippen LogP contribution >= 0.6 is 0 Å². The van der Waals surface area contributed by atoms with Crippen molar-refractivity contribution in [2.75, 3.05) is 0 Å². The van der Waals surface area contributed by atoms with Crippen molar-refractivity contribution in [1.82, 2.24) is 5.32 Å². The molecule has 1 nitrogen and oxygen atoms in total. The summed E-state index contributed by atoms with van der Waals surface area (Å²) in [7, 11) is 0. The zero-order valence-corrected chi connectivity index (χ0v) is 8.09. The first-order chi connectivity index (χ1) is 7.07. The van der Waals surface area contributed by atoms with E-state index in [1.807, 2.05) is 30.3 Å². The van der Waals surface area contributed by atoms with Gasteiger partial charge in [-0.05, 0) is 18.4 Å². The van der Waals surface area contributed by atoms with Gasteiger partial charge < -0.3 is 0 Å². The van der Waals surface area contributed by atoms with Gasteiger partial charge in [-0.1, -0.05) is 30.3 Å². The molecule has 1 aromatic carbocycles. The maximum atomic E-state index is 12.4. The Labute approximate surface area is 86.3 Å². The van der Waals surface area contributed by atoms with Crippen molar-refractivity contribution >= 4 is 0 Å². The van der Waals surface area contributed by atoms with E-state index in [4.69, 9.17) is 0 Å². The number of alkyl halides is 3. The molecule has 1 aliphatic heterocycles. The van der Waals surface area contributed by atoms with Crippen LogP contribution in [0.15, 0.2) is 30.3 Å². The van der Waals surface area contributed by atoms with Crippen LogP contribution in [0.2, 0.25) is 0 Å². The summed E-state index contributed by atoms with van der Waals surface area (Å²) in [6.45, 7) is 0. The van der Waals surface area contributed by atoms with Crippen LogP contribution < -0.4 is 5.32 Å². The molecular weight excluding hydrogens is 203 g/mol. The Bertz CT molecular complexity index is 320. The van der Waals surface area contributed by atoms with Crippen molar-refractivity contribution in [3.05, 3.63) is 35.9 Å². The number of hydrogen-bond donors (Lipinski definition) is 1. The van der Waals surface area contributed by atoms with Crippen LogP contribution in [-0.2, 0) is 0 Å². The predicted molar refractivity (Wildman–Crippen MR) is 51.4 cm³/mol. The fraction of sp³-hybridized carbons (Fsp3) is 0.455. The minimum atomic E-state index is -4.12. The van der Waals surface area contributed by atoms with Gasteiger partial charge in [-0.25, -0.2) is 0 Å². The van der Waals surface area contributed by atoms with E-state index in [1.165, 1.54) is 0 Å². The summed E-state index contributed by atoms with van der Waals surface area (Å²) >= 11 is 0. The van der Waals surface area contributed by atoms with Gasteiger partial charge in [0.2, 0.25) is 0 Å². The first-order valence-corrected chi connectivity index (χ1v) is 4.95. The summed E-state index contributed by atoms with van der Waals surface area (Å²) in [5.74, 6) is 0. The molecule has 0 aromatic heterocycles. The zero-order chi connectivity index (χ0) is 10.9. The van der Waals surface area contributed by atoms with E-state index in [-0.39, 0.29) is 12.5 Å². The van der Waals surface area contributed by atoms with Crippen LogP contribution in [0.3, 0.4) is 0 Å². The maximum Gasteiger partial charge on any atom is 0.403 e. The van der Waals surface area contributed by atoms with Gasteiger partial charge in [-0.3, -0.25) is 5.32 Å². The lowest BCUT2D eigenvalue weighted by Gasteiger charge is -2.17. The molecule has 0 spiro atoms. The molecule has 0 bridgehead atoms. The highest BCUT2D eigenvalue weighted by Gasteiger charge is 2.43. The average molecular weight is 215 g/mol. The number of rotatable bonds is 1. The Hall–Kier alpha value is -1.03. The van der Waals surface area contributed by atoms with Crippen molar-refractivity contribution in [3.63, 3.8) is 0 Å². The van der Waals surface area contributed by atoms with Crippen LogP contribution in [0.5, 0.6) is 0 Å². The first-order valence-electron chi connectivity index (χ1n) is 4.95. The topological polar surface area (TPSA) is 12.0 Å². The largest absolute Gasteiger partial charge is 0.403 e. The monoisotopic (exact) mass is 215 g/mol. The van der Waals surface area contributed by atoms with Crippen molar-refractivity contribution in [3.8, 4) is 0 Å². The van der Waals surface area contributed by atoms with E-state index in [0.717, 1.165) is 5.56 Å². The molecule has 2 atom stereocenters. The molecule has 1 aromatic rings. The minimum absolute atomic E-state index is 0.155. The van der Waals surface area contributed by atoms with Crippen molar-refractivity contribution in [2.45, 2.75) is 31.1 Å². The highest BCUT2D eigenvalue weighted by molar-refractivity contribution is 5.20. The van der Waals surface area contributed by atoms with Gasteiger partial charge in [0.15, 0.2) is 0 Å². The number of hydrogen-bond acceptors (Lipinski definition) is 1. The van der Waals surface area contributed by atoms with Crippen LogP contribution in [0.4, 0.5) is 13.2 Å². The maximum absolute atomic E-state index is 12.4. The Kier molecular flexibility index (Phi) is 2.69. The minimum Gasteiger partial charge on any atom is -0.299 e. The first kappa shape index (κ1) is 10.5. The van der Waals surface area contributed by atoms with E-state index < -0.39 is 12.2 Å². The lowest BCUT2D eigenvalue weighted by molar-refractivity contribution is -0.152. The summed E-state index contributed by atoms with van der Waals surface area (Å²) < 4.78 is 37.2. The van der Waals surface area contributed by atoms with Crippen LogP contribution in [0.25, 0.3) is 0 Å². The molecule has 0 saturated carbocycles. The molecule has 1 aliphatic rings. The second kappa shape index (κ2) is 3.85. The summed E-state index contributed by atoms with van der Waals surface area (Å²) in [5.41, 5.74) is 0.934. The predicted octanol–water partition coefficient (Wildman–Crippen LogP) is 3.04. The molecule has 15 heavy (non-hydrogen) atoms. The van der Waals surface area contributed by atoms with Crippen LogP contribution in [-0.4, -0.2) is 12.2 Å². The molecule has 4 heteroatoms. The third kappa shape index (κ3) is 2.31. The van der Waals surface area contributed by atoms with E-state index in [2.05, 4.69) is 5.32 Å². The van der Waals surface area contributed by atoms with Crippen molar-refractivity contribution < 1.29 is 13.2 Å². The molecule has 0 aliphatic carbocycles. The summed E-state index contributed by atoms with van der Waals surface area (Å²) in [6.07, 6.45) is -3.40. The highest BCUT2D eigenvalue weighted by atomic mass is 19.4.